The number of para-hydroxylation sites is 1. The molecule has 0 spiro atoms. The molecule has 10 rings (SSSR count). The van der Waals surface area contributed by atoms with Gasteiger partial charge < -0.3 is 4.90 Å². The Morgan fingerprint density at radius 3 is 1.47 bits per heavy atom. The molecule has 0 saturated carbocycles. The summed E-state index contributed by atoms with van der Waals surface area (Å²) < 4.78 is 0. The largest absolute Gasteiger partial charge is 0.310 e. The van der Waals surface area contributed by atoms with Crippen molar-refractivity contribution in [3.63, 3.8) is 0 Å². The number of benzene rings is 10. The second kappa shape index (κ2) is 14.0. The van der Waals surface area contributed by atoms with Crippen molar-refractivity contribution in [1.29, 1.82) is 0 Å². The minimum Gasteiger partial charge on any atom is -0.310 e. The van der Waals surface area contributed by atoms with Gasteiger partial charge in [0.05, 0.1) is 5.69 Å². The van der Waals surface area contributed by atoms with E-state index in [1.807, 2.05) is 0 Å². The molecule has 258 valence electrons. The summed E-state index contributed by atoms with van der Waals surface area (Å²) in [5.74, 6) is 0. The van der Waals surface area contributed by atoms with Gasteiger partial charge in [0, 0.05) is 16.9 Å². The highest BCUT2D eigenvalue weighted by Crippen LogP contribution is 2.43. The van der Waals surface area contributed by atoms with E-state index in [0.29, 0.717) is 0 Å². The SMILES string of the molecule is c1ccc(-c2ccc(-c3ccc(N(c4ccc5c(ccc6ccccc65)c4)c4ccccc4-c4cccc(-c5cccc6ccccc56)c4)cc3)cc2)cc1. The molecule has 0 aliphatic heterocycles. The van der Waals surface area contributed by atoms with Crippen LogP contribution in [0.4, 0.5) is 17.1 Å². The molecular formula is C54H37N. The van der Waals surface area contributed by atoms with Gasteiger partial charge in [0.1, 0.15) is 0 Å². The molecule has 55 heavy (non-hydrogen) atoms. The fraction of sp³-hybridized carbons (Fsp3) is 0. The lowest BCUT2D eigenvalue weighted by molar-refractivity contribution is 1.29. The van der Waals surface area contributed by atoms with E-state index in [1.54, 1.807) is 0 Å². The lowest BCUT2D eigenvalue weighted by atomic mass is 9.94. The van der Waals surface area contributed by atoms with Gasteiger partial charge in [-0.3, -0.25) is 0 Å². The number of hydrogen-bond acceptors (Lipinski definition) is 1. The summed E-state index contributed by atoms with van der Waals surface area (Å²) in [5.41, 5.74) is 12.9. The zero-order valence-corrected chi connectivity index (χ0v) is 30.3. The number of hydrogen-bond donors (Lipinski definition) is 0. The fourth-order valence-corrected chi connectivity index (χ4v) is 8.10. The van der Waals surface area contributed by atoms with Gasteiger partial charge in [0.2, 0.25) is 0 Å². The van der Waals surface area contributed by atoms with Crippen LogP contribution in [0.5, 0.6) is 0 Å². The molecule has 10 aromatic carbocycles. The Morgan fingerprint density at radius 2 is 0.709 bits per heavy atom. The quantitative estimate of drug-likeness (QED) is 0.150. The van der Waals surface area contributed by atoms with Crippen molar-refractivity contribution in [2.24, 2.45) is 0 Å². The summed E-state index contributed by atoms with van der Waals surface area (Å²) in [6.07, 6.45) is 0. The first-order valence-corrected chi connectivity index (χ1v) is 18.9. The Kier molecular flexibility index (Phi) is 8.24. The molecule has 0 N–H and O–H groups in total. The summed E-state index contributed by atoms with van der Waals surface area (Å²) in [6, 6.07) is 81.5. The molecule has 0 atom stereocenters. The van der Waals surface area contributed by atoms with Crippen LogP contribution < -0.4 is 4.90 Å². The van der Waals surface area contributed by atoms with Gasteiger partial charge in [-0.15, -0.1) is 0 Å². The Balaban J connectivity index is 1.09. The molecule has 0 aromatic heterocycles. The van der Waals surface area contributed by atoms with Gasteiger partial charge in [-0.05, 0) is 108 Å². The maximum absolute atomic E-state index is 2.41. The Labute approximate surface area is 322 Å². The van der Waals surface area contributed by atoms with E-state index in [-0.39, 0.29) is 0 Å². The van der Waals surface area contributed by atoms with Crippen LogP contribution in [0.2, 0.25) is 0 Å². The average molecular weight is 700 g/mol. The number of anilines is 3. The Morgan fingerprint density at radius 1 is 0.236 bits per heavy atom. The minimum absolute atomic E-state index is 1.10. The summed E-state index contributed by atoms with van der Waals surface area (Å²) >= 11 is 0. The third-order valence-electron chi connectivity index (χ3n) is 10.9. The zero-order chi connectivity index (χ0) is 36.6. The first kappa shape index (κ1) is 32.4. The topological polar surface area (TPSA) is 3.24 Å². The zero-order valence-electron chi connectivity index (χ0n) is 30.3. The molecule has 0 radical (unpaired) electrons. The predicted octanol–water partition coefficient (Wildman–Crippen LogP) is 15.3. The van der Waals surface area contributed by atoms with Crippen molar-refractivity contribution in [2.75, 3.05) is 4.90 Å². The minimum atomic E-state index is 1.10. The third-order valence-corrected chi connectivity index (χ3v) is 10.9. The van der Waals surface area contributed by atoms with E-state index >= 15 is 0 Å². The van der Waals surface area contributed by atoms with Crippen molar-refractivity contribution >= 4 is 49.4 Å². The number of fused-ring (bicyclic) bond motifs is 4. The lowest BCUT2D eigenvalue weighted by Gasteiger charge is -2.28. The van der Waals surface area contributed by atoms with E-state index in [1.165, 1.54) is 76.8 Å². The van der Waals surface area contributed by atoms with E-state index in [4.69, 9.17) is 0 Å². The van der Waals surface area contributed by atoms with Crippen molar-refractivity contribution in [3.05, 3.63) is 224 Å². The van der Waals surface area contributed by atoms with E-state index in [2.05, 4.69) is 229 Å². The van der Waals surface area contributed by atoms with Gasteiger partial charge in [-0.2, -0.15) is 0 Å². The van der Waals surface area contributed by atoms with Crippen LogP contribution in [0, 0.1) is 0 Å². The summed E-state index contributed by atoms with van der Waals surface area (Å²) in [6.45, 7) is 0. The van der Waals surface area contributed by atoms with Crippen molar-refractivity contribution < 1.29 is 0 Å². The third kappa shape index (κ3) is 6.12. The molecule has 0 aliphatic rings. The molecule has 0 aliphatic carbocycles. The van der Waals surface area contributed by atoms with Crippen molar-refractivity contribution in [1.82, 2.24) is 0 Å². The maximum Gasteiger partial charge on any atom is 0.0540 e. The molecule has 1 nitrogen and oxygen atoms in total. The Hall–Kier alpha value is -7.22. The van der Waals surface area contributed by atoms with Gasteiger partial charge in [-0.25, -0.2) is 0 Å². The lowest BCUT2D eigenvalue weighted by Crippen LogP contribution is -2.11. The van der Waals surface area contributed by atoms with Crippen LogP contribution >= 0.6 is 0 Å². The Bertz CT molecular complexity index is 2950. The monoisotopic (exact) mass is 699 g/mol. The van der Waals surface area contributed by atoms with Crippen LogP contribution in [0.3, 0.4) is 0 Å². The molecule has 10 aromatic rings. The smallest absolute Gasteiger partial charge is 0.0540 e. The molecule has 0 unspecified atom stereocenters. The predicted molar refractivity (Wildman–Crippen MR) is 235 cm³/mol. The second-order valence-corrected chi connectivity index (χ2v) is 14.1. The average Bonchev–Trinajstić information content (AvgIpc) is 3.27. The number of nitrogens with zero attached hydrogens (tertiary/aromatic N) is 1. The van der Waals surface area contributed by atoms with Gasteiger partial charge in [0.25, 0.3) is 0 Å². The van der Waals surface area contributed by atoms with Crippen LogP contribution in [-0.4, -0.2) is 0 Å². The first-order valence-electron chi connectivity index (χ1n) is 18.9. The van der Waals surface area contributed by atoms with Crippen molar-refractivity contribution in [3.8, 4) is 44.5 Å². The van der Waals surface area contributed by atoms with Crippen LogP contribution in [0.15, 0.2) is 224 Å². The summed E-state index contributed by atoms with van der Waals surface area (Å²) in [7, 11) is 0. The summed E-state index contributed by atoms with van der Waals surface area (Å²) in [4.78, 5) is 2.41. The first-order chi connectivity index (χ1) is 27.3. The standard InChI is InChI=1S/C54H37N/c1-2-12-38(13-3-1)39-24-26-40(27-25-39)41-30-32-47(33-31-41)55(48-34-35-52-46(37-48)29-28-43-15-5-7-20-50(43)52)54-23-9-8-21-53(54)45-18-10-17-44(36-45)51-22-11-16-42-14-4-6-19-49(42)51/h1-37H. The normalized spacial score (nSPS) is 11.3. The molecule has 0 amide bonds. The van der Waals surface area contributed by atoms with E-state index < -0.39 is 0 Å². The highest BCUT2D eigenvalue weighted by atomic mass is 15.1. The van der Waals surface area contributed by atoms with Crippen LogP contribution in [0.1, 0.15) is 0 Å². The molecule has 0 fully saturated rings. The fourth-order valence-electron chi connectivity index (χ4n) is 8.10. The van der Waals surface area contributed by atoms with Crippen molar-refractivity contribution in [2.45, 2.75) is 0 Å². The maximum atomic E-state index is 2.41. The second-order valence-electron chi connectivity index (χ2n) is 14.1. The summed E-state index contributed by atoms with van der Waals surface area (Å²) in [5, 5.41) is 7.50. The van der Waals surface area contributed by atoms with Crippen LogP contribution in [0.25, 0.3) is 76.8 Å². The molecule has 0 bridgehead atoms. The molecule has 1 heteroatoms. The van der Waals surface area contributed by atoms with Crippen LogP contribution in [-0.2, 0) is 0 Å². The van der Waals surface area contributed by atoms with E-state index in [0.717, 1.165) is 17.1 Å². The highest BCUT2D eigenvalue weighted by molar-refractivity contribution is 6.09. The molecular weight excluding hydrogens is 663 g/mol. The molecule has 0 heterocycles. The van der Waals surface area contributed by atoms with Gasteiger partial charge in [0.15, 0.2) is 0 Å². The van der Waals surface area contributed by atoms with E-state index in [9.17, 15) is 0 Å². The highest BCUT2D eigenvalue weighted by Gasteiger charge is 2.19. The number of rotatable bonds is 7. The molecule has 0 saturated heterocycles. The van der Waals surface area contributed by atoms with Gasteiger partial charge in [-0.1, -0.05) is 188 Å². The van der Waals surface area contributed by atoms with Gasteiger partial charge >= 0.3 is 0 Å².